The van der Waals surface area contributed by atoms with Crippen LogP contribution in [0.5, 0.6) is 11.5 Å². The fourth-order valence-electron chi connectivity index (χ4n) is 2.10. The lowest BCUT2D eigenvalue weighted by Gasteiger charge is -2.21. The van der Waals surface area contributed by atoms with Crippen molar-refractivity contribution in [3.05, 3.63) is 47.5 Å². The van der Waals surface area contributed by atoms with E-state index < -0.39 is 9.84 Å². The molecule has 0 amide bonds. The van der Waals surface area contributed by atoms with E-state index in [4.69, 9.17) is 4.74 Å². The summed E-state index contributed by atoms with van der Waals surface area (Å²) >= 11 is 6.67. The van der Waals surface area contributed by atoms with Crippen molar-refractivity contribution in [3.63, 3.8) is 0 Å². The topological polar surface area (TPSA) is 43.4 Å². The molecular formula is C14H10Br2O3S. The summed E-state index contributed by atoms with van der Waals surface area (Å²) in [4.78, 5) is 0.461. The van der Waals surface area contributed by atoms with E-state index in [1.807, 2.05) is 12.1 Å². The van der Waals surface area contributed by atoms with Gasteiger partial charge in [-0.05, 0) is 35.4 Å². The van der Waals surface area contributed by atoms with Gasteiger partial charge in [0.2, 0.25) is 9.84 Å². The van der Waals surface area contributed by atoms with Crippen LogP contribution in [0.15, 0.2) is 46.2 Å². The van der Waals surface area contributed by atoms with E-state index >= 15 is 0 Å². The number of fused-ring (bicyclic) bond motifs is 2. The minimum Gasteiger partial charge on any atom is -0.455 e. The van der Waals surface area contributed by atoms with Crippen molar-refractivity contribution in [2.75, 3.05) is 0 Å². The fourth-order valence-corrected chi connectivity index (χ4v) is 4.39. The van der Waals surface area contributed by atoms with Gasteiger partial charge in [-0.2, -0.15) is 0 Å². The van der Waals surface area contributed by atoms with Gasteiger partial charge in [-0.1, -0.05) is 44.0 Å². The van der Waals surface area contributed by atoms with E-state index in [9.17, 15) is 8.42 Å². The highest BCUT2D eigenvalue weighted by Gasteiger charge is 2.31. The molecule has 0 unspecified atom stereocenters. The van der Waals surface area contributed by atoms with E-state index in [0.29, 0.717) is 22.2 Å². The standard InChI is InChI=1S/C14H10Br2O3S/c15-7-9-1-3-11-13(5-9)20(17,18)14-6-10(8-16)2-4-12(14)19-11/h1-6H,7-8H2. The SMILES string of the molecule is O=S1(=O)c2cc(CBr)ccc2Oc2ccc(CBr)cc21. The molecule has 0 bridgehead atoms. The third kappa shape index (κ3) is 2.19. The van der Waals surface area contributed by atoms with Crippen LogP contribution in [0.25, 0.3) is 0 Å². The highest BCUT2D eigenvalue weighted by atomic mass is 79.9. The molecule has 6 heteroatoms. The van der Waals surface area contributed by atoms with Crippen LogP contribution in [0.1, 0.15) is 11.1 Å². The molecule has 20 heavy (non-hydrogen) atoms. The van der Waals surface area contributed by atoms with Crippen LogP contribution in [0.4, 0.5) is 0 Å². The third-order valence-electron chi connectivity index (χ3n) is 3.12. The Morgan fingerprint density at radius 3 is 1.70 bits per heavy atom. The van der Waals surface area contributed by atoms with Gasteiger partial charge in [0.25, 0.3) is 0 Å². The zero-order valence-electron chi connectivity index (χ0n) is 10.3. The van der Waals surface area contributed by atoms with Crippen molar-refractivity contribution in [1.29, 1.82) is 0 Å². The highest BCUT2D eigenvalue weighted by Crippen LogP contribution is 2.43. The lowest BCUT2D eigenvalue weighted by molar-refractivity contribution is 0.442. The van der Waals surface area contributed by atoms with E-state index in [0.717, 1.165) is 11.1 Å². The first-order valence-corrected chi connectivity index (χ1v) is 9.59. The largest absolute Gasteiger partial charge is 0.455 e. The first-order valence-electron chi connectivity index (χ1n) is 5.87. The number of alkyl halides is 2. The van der Waals surface area contributed by atoms with Gasteiger partial charge in [-0.25, -0.2) is 8.42 Å². The smallest absolute Gasteiger partial charge is 0.213 e. The number of sulfone groups is 1. The summed E-state index contributed by atoms with van der Waals surface area (Å²) in [6, 6.07) is 10.4. The fraction of sp³-hybridized carbons (Fsp3) is 0.143. The van der Waals surface area contributed by atoms with Crippen LogP contribution in [0, 0.1) is 0 Å². The second kappa shape index (κ2) is 5.16. The van der Waals surface area contributed by atoms with Gasteiger partial charge in [0.15, 0.2) is 0 Å². The Labute approximate surface area is 134 Å². The van der Waals surface area contributed by atoms with Crippen molar-refractivity contribution in [2.24, 2.45) is 0 Å². The third-order valence-corrected chi connectivity index (χ3v) is 6.21. The molecular weight excluding hydrogens is 408 g/mol. The molecule has 0 spiro atoms. The number of benzene rings is 2. The van der Waals surface area contributed by atoms with Crippen molar-refractivity contribution >= 4 is 41.7 Å². The summed E-state index contributed by atoms with van der Waals surface area (Å²) < 4.78 is 31.1. The minimum atomic E-state index is -3.53. The first kappa shape index (κ1) is 14.1. The Morgan fingerprint density at radius 2 is 1.30 bits per heavy atom. The summed E-state index contributed by atoms with van der Waals surface area (Å²) in [5.74, 6) is 0.766. The summed E-state index contributed by atoms with van der Waals surface area (Å²) in [5, 5.41) is 1.20. The predicted molar refractivity (Wildman–Crippen MR) is 83.7 cm³/mol. The Bertz CT molecular complexity index is 726. The Hall–Kier alpha value is -0.850. The molecule has 1 aliphatic heterocycles. The molecule has 2 aromatic carbocycles. The molecule has 0 atom stereocenters. The monoisotopic (exact) mass is 416 g/mol. The number of ether oxygens (including phenoxy) is 1. The van der Waals surface area contributed by atoms with Crippen molar-refractivity contribution in [3.8, 4) is 11.5 Å². The molecule has 0 N–H and O–H groups in total. The normalized spacial score (nSPS) is 15.1. The molecule has 2 aromatic rings. The average molecular weight is 418 g/mol. The maximum atomic E-state index is 12.7. The van der Waals surface area contributed by atoms with Crippen LogP contribution in [0.2, 0.25) is 0 Å². The molecule has 0 saturated carbocycles. The zero-order chi connectivity index (χ0) is 14.3. The first-order chi connectivity index (χ1) is 9.56. The highest BCUT2D eigenvalue weighted by molar-refractivity contribution is 9.08. The zero-order valence-corrected chi connectivity index (χ0v) is 14.3. The van der Waals surface area contributed by atoms with Crippen LogP contribution in [0.3, 0.4) is 0 Å². The molecule has 0 saturated heterocycles. The predicted octanol–water partition coefficient (Wildman–Crippen LogP) is 4.41. The molecule has 0 aromatic heterocycles. The Kier molecular flexibility index (Phi) is 3.64. The lowest BCUT2D eigenvalue weighted by atomic mass is 10.2. The Morgan fingerprint density at radius 1 is 0.850 bits per heavy atom. The van der Waals surface area contributed by atoms with Gasteiger partial charge in [0.1, 0.15) is 21.3 Å². The molecule has 104 valence electrons. The molecule has 3 nitrogen and oxygen atoms in total. The number of hydrogen-bond donors (Lipinski definition) is 0. The Balaban J connectivity index is 2.25. The van der Waals surface area contributed by atoms with Gasteiger partial charge in [-0.15, -0.1) is 0 Å². The molecule has 1 heterocycles. The van der Waals surface area contributed by atoms with E-state index in [2.05, 4.69) is 31.9 Å². The second-order valence-corrected chi connectivity index (χ2v) is 7.44. The molecule has 1 aliphatic rings. The van der Waals surface area contributed by atoms with Crippen LogP contribution < -0.4 is 4.74 Å². The van der Waals surface area contributed by atoms with Crippen LogP contribution in [-0.2, 0) is 20.5 Å². The molecule has 0 fully saturated rings. The lowest BCUT2D eigenvalue weighted by Crippen LogP contribution is -2.11. The van der Waals surface area contributed by atoms with Gasteiger partial charge in [-0.3, -0.25) is 0 Å². The summed E-state index contributed by atoms with van der Waals surface area (Å²) in [7, 11) is -3.53. The molecule has 0 aliphatic carbocycles. The number of hydrogen-bond acceptors (Lipinski definition) is 3. The van der Waals surface area contributed by atoms with E-state index in [1.165, 1.54) is 0 Å². The maximum absolute atomic E-state index is 12.7. The molecule has 3 rings (SSSR count). The van der Waals surface area contributed by atoms with Crippen molar-refractivity contribution in [2.45, 2.75) is 20.5 Å². The summed E-state index contributed by atoms with van der Waals surface area (Å²) in [5.41, 5.74) is 1.80. The number of halogens is 2. The minimum absolute atomic E-state index is 0.230. The van der Waals surface area contributed by atoms with Crippen LogP contribution in [-0.4, -0.2) is 8.42 Å². The van der Waals surface area contributed by atoms with Gasteiger partial charge in [0.05, 0.1) is 0 Å². The summed E-state index contributed by atoms with van der Waals surface area (Å²) in [6.45, 7) is 0. The van der Waals surface area contributed by atoms with E-state index in [1.54, 1.807) is 24.3 Å². The van der Waals surface area contributed by atoms with Crippen molar-refractivity contribution < 1.29 is 13.2 Å². The number of rotatable bonds is 2. The van der Waals surface area contributed by atoms with Gasteiger partial charge >= 0.3 is 0 Å². The van der Waals surface area contributed by atoms with Gasteiger partial charge in [0, 0.05) is 10.7 Å². The van der Waals surface area contributed by atoms with Gasteiger partial charge < -0.3 is 4.74 Å². The average Bonchev–Trinajstić information content (AvgIpc) is 2.47. The maximum Gasteiger partial charge on any atom is 0.213 e. The van der Waals surface area contributed by atoms with E-state index in [-0.39, 0.29) is 9.79 Å². The van der Waals surface area contributed by atoms with Crippen molar-refractivity contribution in [1.82, 2.24) is 0 Å². The van der Waals surface area contributed by atoms with Crippen LogP contribution >= 0.6 is 31.9 Å². The quantitative estimate of drug-likeness (QED) is 0.580. The summed E-state index contributed by atoms with van der Waals surface area (Å²) in [6.07, 6.45) is 0. The second-order valence-electron chi connectivity index (χ2n) is 4.43. The molecule has 0 radical (unpaired) electrons.